The molecular weight excluding hydrogens is 248 g/mol. The van der Waals surface area contributed by atoms with Crippen LogP contribution >= 0.6 is 0 Å². The summed E-state index contributed by atoms with van der Waals surface area (Å²) in [5.74, 6) is 0.0490. The van der Waals surface area contributed by atoms with Crippen LogP contribution in [0, 0.1) is 0 Å². The maximum absolute atomic E-state index is 11.6. The molecule has 3 fully saturated rings. The second-order valence-corrected chi connectivity index (χ2v) is 5.95. The molecule has 0 aromatic rings. The normalized spacial score (nSPS) is 35.5. The molecule has 3 aliphatic rings. The molecule has 2 atom stereocenters. The van der Waals surface area contributed by atoms with Crippen molar-refractivity contribution < 1.29 is 19.4 Å². The largest absolute Gasteiger partial charge is 0.388 e. The van der Waals surface area contributed by atoms with Gasteiger partial charge in [-0.3, -0.25) is 9.69 Å². The highest BCUT2D eigenvalue weighted by Crippen LogP contribution is 2.27. The van der Waals surface area contributed by atoms with Crippen LogP contribution in [0.15, 0.2) is 0 Å². The lowest BCUT2D eigenvalue weighted by molar-refractivity contribution is -0.150. The van der Waals surface area contributed by atoms with E-state index in [0.717, 1.165) is 13.1 Å². The quantitative estimate of drug-likeness (QED) is 0.702. The van der Waals surface area contributed by atoms with Crippen molar-refractivity contribution in [2.45, 2.75) is 30.6 Å². The Kier molecular flexibility index (Phi) is 3.51. The molecule has 0 aromatic carbocycles. The third-order valence-electron chi connectivity index (χ3n) is 4.57. The molecule has 0 bridgehead atoms. The van der Waals surface area contributed by atoms with E-state index in [4.69, 9.17) is 9.47 Å². The third kappa shape index (κ3) is 2.63. The molecule has 1 N–H and O–H groups in total. The molecule has 3 heterocycles. The number of likely N-dealkylation sites (N-methyl/N-ethyl adjacent to an activating group) is 1. The van der Waals surface area contributed by atoms with Crippen LogP contribution in [0.5, 0.6) is 0 Å². The van der Waals surface area contributed by atoms with Crippen LogP contribution in [0.3, 0.4) is 0 Å². The summed E-state index contributed by atoms with van der Waals surface area (Å²) >= 11 is 0. The number of rotatable bonds is 2. The Balaban J connectivity index is 1.61. The van der Waals surface area contributed by atoms with E-state index in [1.165, 1.54) is 0 Å². The maximum atomic E-state index is 11.6. The summed E-state index contributed by atoms with van der Waals surface area (Å²) in [4.78, 5) is 15.6. The minimum Gasteiger partial charge on any atom is -0.388 e. The number of carbonyl (C=O) groups is 1. The van der Waals surface area contributed by atoms with Gasteiger partial charge in [0.1, 0.15) is 6.61 Å². The van der Waals surface area contributed by atoms with Gasteiger partial charge in [0.2, 0.25) is 5.91 Å². The molecule has 108 valence electrons. The van der Waals surface area contributed by atoms with Crippen molar-refractivity contribution in [2.24, 2.45) is 0 Å². The van der Waals surface area contributed by atoms with E-state index < -0.39 is 5.60 Å². The summed E-state index contributed by atoms with van der Waals surface area (Å²) in [6, 6.07) is 0.129. The summed E-state index contributed by atoms with van der Waals surface area (Å²) in [6.45, 7) is 3.68. The lowest BCUT2D eigenvalue weighted by atomic mass is 9.94. The highest BCUT2D eigenvalue weighted by Gasteiger charge is 2.43. The lowest BCUT2D eigenvalue weighted by Crippen LogP contribution is -2.52. The van der Waals surface area contributed by atoms with Crippen LogP contribution in [-0.2, 0) is 14.3 Å². The molecular formula is C13H22N2O4. The van der Waals surface area contributed by atoms with E-state index in [0.29, 0.717) is 32.6 Å². The number of amides is 1. The van der Waals surface area contributed by atoms with Crippen molar-refractivity contribution in [3.8, 4) is 0 Å². The van der Waals surface area contributed by atoms with Crippen LogP contribution in [-0.4, -0.2) is 85.1 Å². The van der Waals surface area contributed by atoms with E-state index in [-0.39, 0.29) is 24.7 Å². The van der Waals surface area contributed by atoms with Gasteiger partial charge in [0.05, 0.1) is 17.7 Å². The summed E-state index contributed by atoms with van der Waals surface area (Å²) in [7, 11) is 1.84. The summed E-state index contributed by atoms with van der Waals surface area (Å²) in [5.41, 5.74) is -0.645. The Morgan fingerprint density at radius 1 is 1.37 bits per heavy atom. The number of ether oxygens (including phenoxy) is 2. The Morgan fingerprint density at radius 2 is 2.11 bits per heavy atom. The van der Waals surface area contributed by atoms with Gasteiger partial charge < -0.3 is 19.5 Å². The molecule has 6 heteroatoms. The summed E-state index contributed by atoms with van der Waals surface area (Å²) in [5, 5.41) is 10.5. The monoisotopic (exact) mass is 270 g/mol. The molecule has 0 aliphatic carbocycles. The molecule has 3 aliphatic heterocycles. The molecule has 0 spiro atoms. The van der Waals surface area contributed by atoms with E-state index in [1.807, 2.05) is 7.05 Å². The highest BCUT2D eigenvalue weighted by atomic mass is 16.5. The van der Waals surface area contributed by atoms with Crippen molar-refractivity contribution in [1.82, 2.24) is 9.80 Å². The molecule has 0 aromatic heterocycles. The summed E-state index contributed by atoms with van der Waals surface area (Å²) in [6.07, 6.45) is 1.47. The van der Waals surface area contributed by atoms with Gasteiger partial charge in [0.25, 0.3) is 0 Å². The predicted molar refractivity (Wildman–Crippen MR) is 67.7 cm³/mol. The number of hydrogen-bond donors (Lipinski definition) is 1. The second kappa shape index (κ2) is 5.01. The smallest absolute Gasteiger partial charge is 0.248 e. The molecule has 6 nitrogen and oxygen atoms in total. The Bertz CT molecular complexity index is 357. The van der Waals surface area contributed by atoms with Crippen LogP contribution in [0.2, 0.25) is 0 Å². The Labute approximate surface area is 113 Å². The van der Waals surface area contributed by atoms with Crippen molar-refractivity contribution in [3.05, 3.63) is 0 Å². The standard InChI is InChI=1S/C13H22N2O4/c1-14-10-6-15(7-11(10)19-8-12(14)16)9-13(17)2-4-18-5-3-13/h10-11,17H,2-9H2,1H3/t10-,11-/m0/s1. The number of aliphatic hydroxyl groups is 1. The number of carbonyl (C=O) groups excluding carboxylic acids is 1. The van der Waals surface area contributed by atoms with E-state index >= 15 is 0 Å². The predicted octanol–water partition coefficient (Wildman–Crippen LogP) is -0.931. The molecule has 3 saturated heterocycles. The Hall–Kier alpha value is -0.690. The van der Waals surface area contributed by atoms with Gasteiger partial charge in [-0.1, -0.05) is 0 Å². The molecule has 1 amide bonds. The average molecular weight is 270 g/mol. The zero-order chi connectivity index (χ0) is 13.5. The first-order valence-electron chi connectivity index (χ1n) is 6.97. The average Bonchev–Trinajstić information content (AvgIpc) is 2.77. The fraction of sp³-hybridized carbons (Fsp3) is 0.923. The second-order valence-electron chi connectivity index (χ2n) is 5.95. The highest BCUT2D eigenvalue weighted by molar-refractivity contribution is 5.78. The van der Waals surface area contributed by atoms with Crippen LogP contribution < -0.4 is 0 Å². The fourth-order valence-corrected chi connectivity index (χ4v) is 3.29. The van der Waals surface area contributed by atoms with Gasteiger partial charge in [-0.2, -0.15) is 0 Å². The number of fused-ring (bicyclic) bond motifs is 1. The SMILES string of the molecule is CN1C(=O)CO[C@H]2CN(CC3(O)CCOCC3)C[C@@H]21. The van der Waals surface area contributed by atoms with Gasteiger partial charge in [-0.15, -0.1) is 0 Å². The number of morpholine rings is 1. The maximum Gasteiger partial charge on any atom is 0.248 e. The minimum atomic E-state index is -0.645. The number of likely N-dealkylation sites (tertiary alicyclic amines) is 1. The van der Waals surface area contributed by atoms with Gasteiger partial charge in [-0.25, -0.2) is 0 Å². The number of β-amino-alcohol motifs (C(OH)–C–C–N with tert-alkyl or cyclic N) is 1. The van der Waals surface area contributed by atoms with Crippen molar-refractivity contribution in [2.75, 3.05) is 46.5 Å². The third-order valence-corrected chi connectivity index (χ3v) is 4.57. The molecule has 19 heavy (non-hydrogen) atoms. The zero-order valence-electron chi connectivity index (χ0n) is 11.4. The zero-order valence-corrected chi connectivity index (χ0v) is 11.4. The van der Waals surface area contributed by atoms with Gasteiger partial charge in [-0.05, 0) is 0 Å². The van der Waals surface area contributed by atoms with Gasteiger partial charge >= 0.3 is 0 Å². The Morgan fingerprint density at radius 3 is 2.84 bits per heavy atom. The molecule has 0 radical (unpaired) electrons. The first-order chi connectivity index (χ1) is 9.07. The number of nitrogens with zero attached hydrogens (tertiary/aromatic N) is 2. The topological polar surface area (TPSA) is 62.2 Å². The molecule has 0 unspecified atom stereocenters. The first kappa shape index (κ1) is 13.3. The number of hydrogen-bond acceptors (Lipinski definition) is 5. The van der Waals surface area contributed by atoms with E-state index in [2.05, 4.69) is 4.90 Å². The lowest BCUT2D eigenvalue weighted by Gasteiger charge is -2.35. The first-order valence-corrected chi connectivity index (χ1v) is 6.97. The molecule has 3 rings (SSSR count). The van der Waals surface area contributed by atoms with Crippen molar-refractivity contribution >= 4 is 5.91 Å². The summed E-state index contributed by atoms with van der Waals surface area (Å²) < 4.78 is 10.9. The van der Waals surface area contributed by atoms with E-state index in [1.54, 1.807) is 4.90 Å². The van der Waals surface area contributed by atoms with E-state index in [9.17, 15) is 9.90 Å². The minimum absolute atomic E-state index is 0.0490. The van der Waals surface area contributed by atoms with Crippen molar-refractivity contribution in [3.63, 3.8) is 0 Å². The fourth-order valence-electron chi connectivity index (χ4n) is 3.29. The van der Waals surface area contributed by atoms with Crippen LogP contribution in [0.25, 0.3) is 0 Å². The van der Waals surface area contributed by atoms with Gasteiger partial charge in [0.15, 0.2) is 0 Å². The van der Waals surface area contributed by atoms with Crippen LogP contribution in [0.1, 0.15) is 12.8 Å². The van der Waals surface area contributed by atoms with Gasteiger partial charge in [0, 0.05) is 52.7 Å². The molecule has 0 saturated carbocycles. The van der Waals surface area contributed by atoms with Crippen LogP contribution in [0.4, 0.5) is 0 Å². The van der Waals surface area contributed by atoms with Crippen molar-refractivity contribution in [1.29, 1.82) is 0 Å².